The molecule has 2 N–H and O–H groups in total. The van der Waals surface area contributed by atoms with Gasteiger partial charge in [0, 0.05) is 26.1 Å². The molecule has 0 saturated heterocycles. The second kappa shape index (κ2) is 14.9. The van der Waals surface area contributed by atoms with Crippen molar-refractivity contribution in [2.24, 2.45) is 4.99 Å². The predicted octanol–water partition coefficient (Wildman–Crippen LogP) is 3.27. The highest BCUT2D eigenvalue weighted by Crippen LogP contribution is 2.03. The number of guanidine groups is 1. The molecule has 0 fully saturated rings. The monoisotopic (exact) mass is 465 g/mol. The van der Waals surface area contributed by atoms with Crippen LogP contribution in [0.4, 0.5) is 4.39 Å². The molecule has 0 aromatic heterocycles. The largest absolute Gasteiger partial charge is 0.469 e. The van der Waals surface area contributed by atoms with E-state index < -0.39 is 0 Å². The van der Waals surface area contributed by atoms with E-state index in [-0.39, 0.29) is 35.8 Å². The van der Waals surface area contributed by atoms with Gasteiger partial charge in [-0.2, -0.15) is 0 Å². The number of unbranched alkanes of at least 4 members (excludes halogenated alkanes) is 2. The molecule has 0 bridgehead atoms. The van der Waals surface area contributed by atoms with Crippen LogP contribution in [0.5, 0.6) is 0 Å². The first-order valence-electron chi connectivity index (χ1n) is 8.49. The van der Waals surface area contributed by atoms with Crippen molar-refractivity contribution >= 4 is 35.9 Å². The van der Waals surface area contributed by atoms with Crippen molar-refractivity contribution in [3.8, 4) is 0 Å². The fraction of sp³-hybridized carbons (Fsp3) is 0.556. The maximum atomic E-state index is 13.1. The smallest absolute Gasteiger partial charge is 0.305 e. The standard InChI is InChI=1S/C18H28FN3O2.HI/c1-3-20-18(21-12-6-4-5-10-17(23)24-2)22-13-11-15-8-7-9-16(19)14-15;/h7-9,14H,3-6,10-13H2,1-2H3,(H2,20,21,22);1H. The Hall–Kier alpha value is -1.38. The minimum absolute atomic E-state index is 0. The topological polar surface area (TPSA) is 62.7 Å². The molecular formula is C18H29FIN3O2. The van der Waals surface area contributed by atoms with Gasteiger partial charge in [-0.25, -0.2) is 4.39 Å². The van der Waals surface area contributed by atoms with E-state index in [0.29, 0.717) is 19.5 Å². The van der Waals surface area contributed by atoms with Gasteiger partial charge in [-0.15, -0.1) is 24.0 Å². The van der Waals surface area contributed by atoms with Crippen LogP contribution in [-0.2, 0) is 16.0 Å². The van der Waals surface area contributed by atoms with Gasteiger partial charge in [-0.05, 0) is 43.9 Å². The van der Waals surface area contributed by atoms with Gasteiger partial charge >= 0.3 is 5.97 Å². The lowest BCUT2D eigenvalue weighted by Gasteiger charge is -2.11. The quantitative estimate of drug-likeness (QED) is 0.183. The number of hydrogen-bond acceptors (Lipinski definition) is 3. The van der Waals surface area contributed by atoms with Crippen LogP contribution in [0.2, 0.25) is 0 Å². The summed E-state index contributed by atoms with van der Waals surface area (Å²) in [6.45, 7) is 4.20. The summed E-state index contributed by atoms with van der Waals surface area (Å²) in [5.41, 5.74) is 0.959. The molecule has 0 atom stereocenters. The SMILES string of the molecule is CCNC(=NCCCCCC(=O)OC)NCCc1cccc(F)c1.I. The summed E-state index contributed by atoms with van der Waals surface area (Å²) in [5.74, 6) is 0.396. The molecule has 25 heavy (non-hydrogen) atoms. The highest BCUT2D eigenvalue weighted by Gasteiger charge is 2.00. The Morgan fingerprint density at radius 3 is 2.72 bits per heavy atom. The summed E-state index contributed by atoms with van der Waals surface area (Å²) in [7, 11) is 1.41. The third kappa shape index (κ3) is 11.7. The number of methoxy groups -OCH3 is 1. The summed E-state index contributed by atoms with van der Waals surface area (Å²) in [5, 5.41) is 6.44. The average Bonchev–Trinajstić information content (AvgIpc) is 2.57. The fourth-order valence-electron chi connectivity index (χ4n) is 2.21. The maximum Gasteiger partial charge on any atom is 0.305 e. The average molecular weight is 465 g/mol. The minimum atomic E-state index is -0.208. The molecule has 0 aliphatic carbocycles. The Labute approximate surface area is 166 Å². The number of esters is 1. The number of nitrogens with one attached hydrogen (secondary N) is 2. The lowest BCUT2D eigenvalue weighted by Crippen LogP contribution is -2.38. The first kappa shape index (κ1) is 23.6. The number of halogens is 2. The van der Waals surface area contributed by atoms with E-state index in [1.54, 1.807) is 12.1 Å². The van der Waals surface area contributed by atoms with Crippen molar-refractivity contribution < 1.29 is 13.9 Å². The molecular weight excluding hydrogens is 436 g/mol. The van der Waals surface area contributed by atoms with Crippen LogP contribution in [0.3, 0.4) is 0 Å². The van der Waals surface area contributed by atoms with Gasteiger partial charge in [-0.1, -0.05) is 18.6 Å². The van der Waals surface area contributed by atoms with Gasteiger partial charge in [0.1, 0.15) is 5.82 Å². The van der Waals surface area contributed by atoms with Crippen molar-refractivity contribution in [3.63, 3.8) is 0 Å². The lowest BCUT2D eigenvalue weighted by molar-refractivity contribution is -0.140. The van der Waals surface area contributed by atoms with Gasteiger partial charge in [0.15, 0.2) is 5.96 Å². The van der Waals surface area contributed by atoms with Crippen molar-refractivity contribution in [2.45, 2.75) is 39.0 Å². The Morgan fingerprint density at radius 2 is 2.04 bits per heavy atom. The highest BCUT2D eigenvalue weighted by atomic mass is 127. The number of carbonyl (C=O) groups is 1. The molecule has 142 valence electrons. The summed E-state index contributed by atoms with van der Waals surface area (Å²) in [4.78, 5) is 15.5. The van der Waals surface area contributed by atoms with E-state index >= 15 is 0 Å². The van der Waals surface area contributed by atoms with Crippen molar-refractivity contribution in [1.29, 1.82) is 0 Å². The number of benzene rings is 1. The van der Waals surface area contributed by atoms with Gasteiger partial charge < -0.3 is 15.4 Å². The summed E-state index contributed by atoms with van der Waals surface area (Å²) in [6.07, 6.45) is 3.90. The Kier molecular flexibility index (Phi) is 14.1. The number of carbonyl (C=O) groups excluding carboxylic acids is 1. The Balaban J connectivity index is 0.00000576. The normalized spacial score (nSPS) is 10.8. The summed E-state index contributed by atoms with van der Waals surface area (Å²) in [6, 6.07) is 6.63. The van der Waals surface area contributed by atoms with E-state index in [9.17, 15) is 9.18 Å². The molecule has 0 unspecified atom stereocenters. The van der Waals surface area contributed by atoms with Gasteiger partial charge in [0.25, 0.3) is 0 Å². The van der Waals surface area contributed by atoms with Crippen LogP contribution in [0.15, 0.2) is 29.3 Å². The molecule has 1 aromatic rings. The zero-order chi connectivity index (χ0) is 17.6. The van der Waals surface area contributed by atoms with E-state index in [2.05, 4.69) is 20.4 Å². The fourth-order valence-corrected chi connectivity index (χ4v) is 2.21. The van der Waals surface area contributed by atoms with E-state index in [0.717, 1.165) is 43.8 Å². The Morgan fingerprint density at radius 1 is 1.24 bits per heavy atom. The molecule has 0 spiro atoms. The summed E-state index contributed by atoms with van der Waals surface area (Å²) >= 11 is 0. The molecule has 5 nitrogen and oxygen atoms in total. The lowest BCUT2D eigenvalue weighted by atomic mass is 10.1. The molecule has 1 aromatic carbocycles. The van der Waals surface area contributed by atoms with Crippen LogP contribution in [0, 0.1) is 5.82 Å². The second-order valence-electron chi connectivity index (χ2n) is 5.45. The van der Waals surface area contributed by atoms with E-state index in [4.69, 9.17) is 0 Å². The van der Waals surface area contributed by atoms with Gasteiger partial charge in [-0.3, -0.25) is 9.79 Å². The number of rotatable bonds is 10. The third-order valence-electron chi connectivity index (χ3n) is 3.48. The molecule has 0 amide bonds. The number of nitrogens with zero attached hydrogens (tertiary/aromatic N) is 1. The predicted molar refractivity (Wildman–Crippen MR) is 110 cm³/mol. The van der Waals surface area contributed by atoms with Gasteiger partial charge in [0.2, 0.25) is 0 Å². The van der Waals surface area contributed by atoms with E-state index in [1.807, 2.05) is 13.0 Å². The van der Waals surface area contributed by atoms with Crippen molar-refractivity contribution in [2.75, 3.05) is 26.7 Å². The van der Waals surface area contributed by atoms with Crippen LogP contribution < -0.4 is 10.6 Å². The third-order valence-corrected chi connectivity index (χ3v) is 3.48. The minimum Gasteiger partial charge on any atom is -0.469 e. The zero-order valence-electron chi connectivity index (χ0n) is 15.0. The van der Waals surface area contributed by atoms with Crippen LogP contribution >= 0.6 is 24.0 Å². The number of hydrogen-bond donors (Lipinski definition) is 2. The maximum absolute atomic E-state index is 13.1. The van der Waals surface area contributed by atoms with Crippen LogP contribution in [0.1, 0.15) is 38.2 Å². The van der Waals surface area contributed by atoms with Crippen LogP contribution in [-0.4, -0.2) is 38.7 Å². The van der Waals surface area contributed by atoms with E-state index in [1.165, 1.54) is 13.2 Å². The number of ether oxygens (including phenoxy) is 1. The molecule has 0 saturated carbocycles. The van der Waals surface area contributed by atoms with Crippen molar-refractivity contribution in [3.05, 3.63) is 35.6 Å². The molecule has 0 heterocycles. The zero-order valence-corrected chi connectivity index (χ0v) is 17.3. The first-order valence-corrected chi connectivity index (χ1v) is 8.49. The Bertz CT molecular complexity index is 527. The second-order valence-corrected chi connectivity index (χ2v) is 5.45. The highest BCUT2D eigenvalue weighted by molar-refractivity contribution is 14.0. The molecule has 0 aliphatic heterocycles. The molecule has 7 heteroatoms. The molecule has 0 radical (unpaired) electrons. The molecule has 0 aliphatic rings. The molecule has 1 rings (SSSR count). The first-order chi connectivity index (χ1) is 11.7. The van der Waals surface area contributed by atoms with Crippen LogP contribution in [0.25, 0.3) is 0 Å². The van der Waals surface area contributed by atoms with Gasteiger partial charge in [0.05, 0.1) is 7.11 Å². The number of aliphatic imine (C=N–C) groups is 1. The summed E-state index contributed by atoms with van der Waals surface area (Å²) < 4.78 is 17.7. The van der Waals surface area contributed by atoms with Crippen molar-refractivity contribution in [1.82, 2.24) is 10.6 Å².